The van der Waals surface area contributed by atoms with Crippen LogP contribution in [0.2, 0.25) is 0 Å². The van der Waals surface area contributed by atoms with Crippen LogP contribution < -0.4 is 5.32 Å². The summed E-state index contributed by atoms with van der Waals surface area (Å²) >= 11 is 1.64. The maximum absolute atomic E-state index is 12.3. The molecule has 0 saturated heterocycles. The second-order valence-corrected chi connectivity index (χ2v) is 7.52. The van der Waals surface area contributed by atoms with Gasteiger partial charge in [0.05, 0.1) is 4.88 Å². The van der Waals surface area contributed by atoms with E-state index in [1.807, 2.05) is 13.8 Å². The standard InChI is InChI=1S/C16H25NO2S/c1-4-11-5-6-13-12(9-11)10-14(20-13)15(19)17-16(2,3)7-8-18/h10-11,18H,4-9H2,1-3H3,(H,17,19). The molecule has 1 aliphatic carbocycles. The number of nitrogens with one attached hydrogen (secondary N) is 1. The van der Waals surface area contributed by atoms with E-state index >= 15 is 0 Å². The monoisotopic (exact) mass is 295 g/mol. The predicted molar refractivity (Wildman–Crippen MR) is 83.4 cm³/mol. The highest BCUT2D eigenvalue weighted by atomic mass is 32.1. The van der Waals surface area contributed by atoms with Gasteiger partial charge in [0.25, 0.3) is 5.91 Å². The Hall–Kier alpha value is -0.870. The van der Waals surface area contributed by atoms with Crippen molar-refractivity contribution in [2.45, 2.75) is 58.4 Å². The molecule has 0 aliphatic heterocycles. The van der Waals surface area contributed by atoms with E-state index in [0.29, 0.717) is 6.42 Å². The average molecular weight is 295 g/mol. The highest BCUT2D eigenvalue weighted by Crippen LogP contribution is 2.33. The van der Waals surface area contributed by atoms with Gasteiger partial charge in [0.2, 0.25) is 0 Å². The molecule has 2 rings (SSSR count). The number of aliphatic hydroxyl groups excluding tert-OH is 1. The van der Waals surface area contributed by atoms with Crippen LogP contribution in [0.25, 0.3) is 0 Å². The summed E-state index contributed by atoms with van der Waals surface area (Å²) in [5.41, 5.74) is 1.01. The summed E-state index contributed by atoms with van der Waals surface area (Å²) in [6.45, 7) is 6.23. The molecule has 1 amide bonds. The van der Waals surface area contributed by atoms with Crippen LogP contribution in [0.3, 0.4) is 0 Å². The molecule has 0 saturated carbocycles. The first kappa shape index (κ1) is 15.5. The third kappa shape index (κ3) is 3.61. The van der Waals surface area contributed by atoms with Crippen LogP contribution in [0.5, 0.6) is 0 Å². The Morgan fingerprint density at radius 2 is 2.30 bits per heavy atom. The zero-order valence-corrected chi connectivity index (χ0v) is 13.5. The number of fused-ring (bicyclic) bond motifs is 1. The topological polar surface area (TPSA) is 49.3 Å². The van der Waals surface area contributed by atoms with Crippen molar-refractivity contribution in [3.8, 4) is 0 Å². The SMILES string of the molecule is CCC1CCc2sc(C(=O)NC(C)(C)CCO)cc2C1. The Labute approximate surface area is 125 Å². The van der Waals surface area contributed by atoms with Crippen LogP contribution in [0.15, 0.2) is 6.07 Å². The number of amides is 1. The first-order valence-corrected chi connectivity index (χ1v) is 8.31. The molecule has 0 bridgehead atoms. The summed E-state index contributed by atoms with van der Waals surface area (Å²) in [6.07, 6.45) is 5.28. The summed E-state index contributed by atoms with van der Waals surface area (Å²) < 4.78 is 0. The molecule has 0 spiro atoms. The van der Waals surface area contributed by atoms with Crippen LogP contribution in [0, 0.1) is 5.92 Å². The quantitative estimate of drug-likeness (QED) is 0.876. The van der Waals surface area contributed by atoms with Gasteiger partial charge < -0.3 is 10.4 Å². The molecule has 1 atom stereocenters. The van der Waals surface area contributed by atoms with E-state index in [1.165, 1.54) is 23.3 Å². The molecule has 1 unspecified atom stereocenters. The molecule has 1 heterocycles. The number of thiophene rings is 1. The zero-order chi connectivity index (χ0) is 14.8. The van der Waals surface area contributed by atoms with Gasteiger partial charge in [-0.15, -0.1) is 11.3 Å². The highest BCUT2D eigenvalue weighted by Gasteiger charge is 2.25. The highest BCUT2D eigenvalue weighted by molar-refractivity contribution is 7.14. The molecule has 0 aromatic carbocycles. The Balaban J connectivity index is 2.07. The lowest BCUT2D eigenvalue weighted by Crippen LogP contribution is -2.43. The van der Waals surface area contributed by atoms with E-state index in [0.717, 1.165) is 23.6 Å². The van der Waals surface area contributed by atoms with Gasteiger partial charge in [-0.1, -0.05) is 13.3 Å². The van der Waals surface area contributed by atoms with Crippen molar-refractivity contribution < 1.29 is 9.90 Å². The van der Waals surface area contributed by atoms with Gasteiger partial charge in [-0.3, -0.25) is 4.79 Å². The van der Waals surface area contributed by atoms with Crippen LogP contribution >= 0.6 is 11.3 Å². The molecule has 0 fully saturated rings. The summed E-state index contributed by atoms with van der Waals surface area (Å²) in [4.78, 5) is 14.5. The van der Waals surface area contributed by atoms with E-state index in [9.17, 15) is 4.79 Å². The Morgan fingerprint density at radius 1 is 1.55 bits per heavy atom. The third-order valence-electron chi connectivity index (χ3n) is 4.17. The smallest absolute Gasteiger partial charge is 0.261 e. The Kier molecular flexibility index (Phi) is 4.86. The maximum Gasteiger partial charge on any atom is 0.261 e. The van der Waals surface area contributed by atoms with Gasteiger partial charge in [0.1, 0.15) is 0 Å². The second kappa shape index (κ2) is 6.27. The molecule has 112 valence electrons. The van der Waals surface area contributed by atoms with Gasteiger partial charge in [-0.25, -0.2) is 0 Å². The van der Waals surface area contributed by atoms with Crippen molar-refractivity contribution in [2.24, 2.45) is 5.92 Å². The number of aryl methyl sites for hydroxylation is 1. The minimum atomic E-state index is -0.359. The van der Waals surface area contributed by atoms with E-state index in [2.05, 4.69) is 18.3 Å². The molecule has 20 heavy (non-hydrogen) atoms. The second-order valence-electron chi connectivity index (χ2n) is 6.39. The van der Waals surface area contributed by atoms with E-state index in [1.54, 1.807) is 11.3 Å². The number of carbonyl (C=O) groups excluding carboxylic acids is 1. The average Bonchev–Trinajstić information content (AvgIpc) is 2.80. The predicted octanol–water partition coefficient (Wildman–Crippen LogP) is 3.15. The van der Waals surface area contributed by atoms with Gasteiger partial charge >= 0.3 is 0 Å². The minimum Gasteiger partial charge on any atom is -0.396 e. The van der Waals surface area contributed by atoms with Gasteiger partial charge in [-0.2, -0.15) is 0 Å². The number of hydrogen-bond donors (Lipinski definition) is 2. The number of aliphatic hydroxyl groups is 1. The first-order chi connectivity index (χ1) is 9.45. The molecule has 2 N–H and O–H groups in total. The normalized spacial score (nSPS) is 18.7. The summed E-state index contributed by atoms with van der Waals surface area (Å²) in [7, 11) is 0. The molecular weight excluding hydrogens is 270 g/mol. The summed E-state index contributed by atoms with van der Waals surface area (Å²) in [5, 5.41) is 12.0. The minimum absolute atomic E-state index is 0.00380. The molecule has 1 aromatic rings. The lowest BCUT2D eigenvalue weighted by Gasteiger charge is -2.24. The lowest BCUT2D eigenvalue weighted by molar-refractivity contribution is 0.0903. The largest absolute Gasteiger partial charge is 0.396 e. The van der Waals surface area contributed by atoms with Crippen LogP contribution in [-0.2, 0) is 12.8 Å². The molecule has 1 aliphatic rings. The van der Waals surface area contributed by atoms with Crippen LogP contribution in [0.4, 0.5) is 0 Å². The molecule has 3 nitrogen and oxygen atoms in total. The third-order valence-corrected chi connectivity index (χ3v) is 5.41. The summed E-state index contributed by atoms with van der Waals surface area (Å²) in [6, 6.07) is 2.08. The van der Waals surface area contributed by atoms with Gasteiger partial charge in [0.15, 0.2) is 0 Å². The van der Waals surface area contributed by atoms with Crippen molar-refractivity contribution in [3.05, 3.63) is 21.4 Å². The van der Waals surface area contributed by atoms with E-state index < -0.39 is 0 Å². The fourth-order valence-corrected chi connectivity index (χ4v) is 3.87. The molecule has 4 heteroatoms. The number of hydrogen-bond acceptors (Lipinski definition) is 3. The first-order valence-electron chi connectivity index (χ1n) is 7.50. The van der Waals surface area contributed by atoms with Crippen LogP contribution in [-0.4, -0.2) is 23.2 Å². The van der Waals surface area contributed by atoms with E-state index in [4.69, 9.17) is 5.11 Å². The van der Waals surface area contributed by atoms with Crippen molar-refractivity contribution in [1.82, 2.24) is 5.32 Å². The van der Waals surface area contributed by atoms with Gasteiger partial charge in [-0.05, 0) is 57.1 Å². The van der Waals surface area contributed by atoms with Crippen molar-refractivity contribution in [3.63, 3.8) is 0 Å². The lowest BCUT2D eigenvalue weighted by atomic mass is 9.87. The zero-order valence-electron chi connectivity index (χ0n) is 12.7. The molecular formula is C16H25NO2S. The molecule has 0 radical (unpaired) electrons. The Bertz CT molecular complexity index is 479. The van der Waals surface area contributed by atoms with Crippen molar-refractivity contribution >= 4 is 17.2 Å². The molecule has 1 aromatic heterocycles. The fourth-order valence-electron chi connectivity index (χ4n) is 2.77. The van der Waals surface area contributed by atoms with Crippen molar-refractivity contribution in [1.29, 1.82) is 0 Å². The number of rotatable bonds is 5. The number of carbonyl (C=O) groups is 1. The van der Waals surface area contributed by atoms with Crippen molar-refractivity contribution in [2.75, 3.05) is 6.61 Å². The Morgan fingerprint density at radius 3 is 2.95 bits per heavy atom. The maximum atomic E-state index is 12.3. The summed E-state index contributed by atoms with van der Waals surface area (Å²) in [5.74, 6) is 0.773. The van der Waals surface area contributed by atoms with E-state index in [-0.39, 0.29) is 18.1 Å². The van der Waals surface area contributed by atoms with Crippen LogP contribution in [0.1, 0.15) is 60.1 Å². The van der Waals surface area contributed by atoms with Gasteiger partial charge in [0, 0.05) is 17.0 Å². The fraction of sp³-hybridized carbons (Fsp3) is 0.688.